The minimum Gasteiger partial charge on any atom is -0.289 e. The summed E-state index contributed by atoms with van der Waals surface area (Å²) in [6.45, 7) is 0. The van der Waals surface area contributed by atoms with Crippen LogP contribution in [-0.4, -0.2) is 5.78 Å². The highest BCUT2D eigenvalue weighted by atomic mass is 16.1. The van der Waals surface area contributed by atoms with Gasteiger partial charge in [0.25, 0.3) is 0 Å². The Balaban J connectivity index is 1.73. The number of rotatable bonds is 2. The predicted molar refractivity (Wildman–Crippen MR) is 94.7 cm³/mol. The van der Waals surface area contributed by atoms with Crippen molar-refractivity contribution in [3.8, 4) is 0 Å². The van der Waals surface area contributed by atoms with E-state index in [1.807, 2.05) is 36.4 Å². The van der Waals surface area contributed by atoms with Gasteiger partial charge in [0.15, 0.2) is 5.78 Å². The van der Waals surface area contributed by atoms with Crippen LogP contribution < -0.4 is 0 Å². The van der Waals surface area contributed by atoms with Gasteiger partial charge in [-0.05, 0) is 54.4 Å². The first-order valence-electron chi connectivity index (χ1n) is 8.39. The third-order valence-electron chi connectivity index (χ3n) is 5.08. The number of ketones is 1. The molecular weight excluding hydrogens is 280 g/mol. The SMILES string of the molecule is O=C1/C(=C/c2ccccc2)[C@@H]2CC[C@@H](C2)/C1=C\c1ccccc1. The van der Waals surface area contributed by atoms with Gasteiger partial charge >= 0.3 is 0 Å². The monoisotopic (exact) mass is 300 g/mol. The van der Waals surface area contributed by atoms with Crippen molar-refractivity contribution in [2.75, 3.05) is 0 Å². The minimum absolute atomic E-state index is 0.261. The third-order valence-corrected chi connectivity index (χ3v) is 5.08. The van der Waals surface area contributed by atoms with Crippen molar-refractivity contribution in [1.29, 1.82) is 0 Å². The van der Waals surface area contributed by atoms with Crippen LogP contribution in [0.2, 0.25) is 0 Å². The molecular formula is C22H20O. The fourth-order valence-electron chi connectivity index (χ4n) is 3.91. The first-order valence-corrected chi connectivity index (χ1v) is 8.39. The Morgan fingerprint density at radius 1 is 0.696 bits per heavy atom. The Kier molecular flexibility index (Phi) is 3.70. The highest BCUT2D eigenvalue weighted by Crippen LogP contribution is 2.47. The van der Waals surface area contributed by atoms with Crippen LogP contribution in [0.25, 0.3) is 12.2 Å². The Labute approximate surface area is 137 Å². The van der Waals surface area contributed by atoms with Gasteiger partial charge in [0.05, 0.1) is 0 Å². The van der Waals surface area contributed by atoms with Crippen LogP contribution in [-0.2, 0) is 4.79 Å². The summed E-state index contributed by atoms with van der Waals surface area (Å²) in [6.07, 6.45) is 7.62. The highest BCUT2D eigenvalue weighted by Gasteiger charge is 2.40. The van der Waals surface area contributed by atoms with Gasteiger partial charge in [0.1, 0.15) is 0 Å². The molecule has 4 rings (SSSR count). The maximum atomic E-state index is 13.1. The zero-order chi connectivity index (χ0) is 15.6. The standard InChI is InChI=1S/C22H20O/c23-22-20(13-16-7-3-1-4-8-16)18-11-12-19(15-18)21(22)14-17-9-5-2-6-10-17/h1-10,13-14,18-19H,11-12,15H2/b20-13+,21-14+/t18-,19+. The summed E-state index contributed by atoms with van der Waals surface area (Å²) < 4.78 is 0. The molecule has 0 unspecified atom stereocenters. The van der Waals surface area contributed by atoms with E-state index in [0.717, 1.165) is 41.5 Å². The van der Waals surface area contributed by atoms with Gasteiger partial charge in [-0.25, -0.2) is 0 Å². The summed E-state index contributed by atoms with van der Waals surface area (Å²) >= 11 is 0. The van der Waals surface area contributed by atoms with Gasteiger partial charge in [0.2, 0.25) is 0 Å². The molecule has 2 atom stereocenters. The number of carbonyl (C=O) groups excluding carboxylic acids is 1. The Morgan fingerprint density at radius 3 is 1.57 bits per heavy atom. The zero-order valence-electron chi connectivity index (χ0n) is 13.1. The van der Waals surface area contributed by atoms with Crippen molar-refractivity contribution in [2.24, 2.45) is 11.8 Å². The first-order chi connectivity index (χ1) is 11.3. The summed E-state index contributed by atoms with van der Waals surface area (Å²) in [6, 6.07) is 20.4. The summed E-state index contributed by atoms with van der Waals surface area (Å²) in [5, 5.41) is 0. The maximum absolute atomic E-state index is 13.1. The Bertz CT molecular complexity index is 703. The second-order valence-corrected chi connectivity index (χ2v) is 6.56. The average Bonchev–Trinajstić information content (AvgIpc) is 3.04. The van der Waals surface area contributed by atoms with E-state index in [-0.39, 0.29) is 5.78 Å². The molecule has 1 heteroatoms. The second-order valence-electron chi connectivity index (χ2n) is 6.56. The quantitative estimate of drug-likeness (QED) is 0.701. The summed E-state index contributed by atoms with van der Waals surface area (Å²) in [4.78, 5) is 13.1. The lowest BCUT2D eigenvalue weighted by molar-refractivity contribution is -0.113. The lowest BCUT2D eigenvalue weighted by Crippen LogP contribution is -2.22. The summed E-state index contributed by atoms with van der Waals surface area (Å²) in [5.74, 6) is 1.15. The van der Waals surface area contributed by atoms with E-state index in [9.17, 15) is 4.79 Å². The number of hydrogen-bond acceptors (Lipinski definition) is 1. The van der Waals surface area contributed by atoms with Crippen molar-refractivity contribution < 1.29 is 4.79 Å². The van der Waals surface area contributed by atoms with Crippen molar-refractivity contribution in [3.63, 3.8) is 0 Å². The van der Waals surface area contributed by atoms with E-state index < -0.39 is 0 Å². The van der Waals surface area contributed by atoms with Crippen LogP contribution in [0.4, 0.5) is 0 Å². The molecule has 23 heavy (non-hydrogen) atoms. The molecule has 0 heterocycles. The fraction of sp³-hybridized carbons (Fsp3) is 0.227. The molecule has 0 saturated heterocycles. The number of hydrogen-bond donors (Lipinski definition) is 0. The molecule has 2 aromatic carbocycles. The fourth-order valence-corrected chi connectivity index (χ4v) is 3.91. The van der Waals surface area contributed by atoms with Crippen LogP contribution in [0.5, 0.6) is 0 Å². The number of benzene rings is 2. The van der Waals surface area contributed by atoms with Crippen LogP contribution >= 0.6 is 0 Å². The smallest absolute Gasteiger partial charge is 0.185 e. The van der Waals surface area contributed by atoms with E-state index in [1.54, 1.807) is 0 Å². The molecule has 0 spiro atoms. The number of fused-ring (bicyclic) bond motifs is 2. The summed E-state index contributed by atoms with van der Waals surface area (Å²) in [5.41, 5.74) is 4.26. The maximum Gasteiger partial charge on any atom is 0.185 e. The van der Waals surface area contributed by atoms with E-state index in [4.69, 9.17) is 0 Å². The molecule has 0 N–H and O–H groups in total. The molecule has 0 radical (unpaired) electrons. The predicted octanol–water partition coefficient (Wildman–Crippen LogP) is 5.15. The highest BCUT2D eigenvalue weighted by molar-refractivity contribution is 6.15. The molecule has 0 aliphatic heterocycles. The molecule has 114 valence electrons. The summed E-state index contributed by atoms with van der Waals surface area (Å²) in [7, 11) is 0. The largest absolute Gasteiger partial charge is 0.289 e. The van der Waals surface area contributed by atoms with E-state index >= 15 is 0 Å². The van der Waals surface area contributed by atoms with Gasteiger partial charge in [-0.15, -0.1) is 0 Å². The third kappa shape index (κ3) is 2.79. The van der Waals surface area contributed by atoms with E-state index in [1.165, 1.54) is 0 Å². The van der Waals surface area contributed by atoms with Crippen LogP contribution in [0.15, 0.2) is 71.8 Å². The molecule has 2 aliphatic carbocycles. The lowest BCUT2D eigenvalue weighted by atomic mass is 9.78. The molecule has 0 aromatic heterocycles. The minimum atomic E-state index is 0.261. The molecule has 2 fully saturated rings. The zero-order valence-corrected chi connectivity index (χ0v) is 13.1. The molecule has 2 bridgehead atoms. The number of Topliss-reactive ketones (excluding diaryl/α,β-unsaturated/α-hetero) is 1. The van der Waals surface area contributed by atoms with E-state index in [2.05, 4.69) is 36.4 Å². The van der Waals surface area contributed by atoms with Crippen LogP contribution in [0, 0.1) is 11.8 Å². The van der Waals surface area contributed by atoms with Crippen LogP contribution in [0.3, 0.4) is 0 Å². The number of carbonyl (C=O) groups is 1. The van der Waals surface area contributed by atoms with Gasteiger partial charge in [-0.3, -0.25) is 4.79 Å². The van der Waals surface area contributed by atoms with Gasteiger partial charge < -0.3 is 0 Å². The molecule has 0 amide bonds. The van der Waals surface area contributed by atoms with Gasteiger partial charge in [-0.2, -0.15) is 0 Å². The molecule has 2 saturated carbocycles. The van der Waals surface area contributed by atoms with Crippen molar-refractivity contribution in [3.05, 3.63) is 82.9 Å². The Morgan fingerprint density at radius 2 is 1.13 bits per heavy atom. The van der Waals surface area contributed by atoms with Gasteiger partial charge in [0, 0.05) is 11.1 Å². The topological polar surface area (TPSA) is 17.1 Å². The first kappa shape index (κ1) is 14.2. The normalized spacial score (nSPS) is 26.9. The van der Waals surface area contributed by atoms with Crippen molar-refractivity contribution >= 4 is 17.9 Å². The number of allylic oxidation sites excluding steroid dienone is 2. The second kappa shape index (κ2) is 6.00. The van der Waals surface area contributed by atoms with Crippen molar-refractivity contribution in [1.82, 2.24) is 0 Å². The Hall–Kier alpha value is -2.41. The van der Waals surface area contributed by atoms with Crippen LogP contribution in [0.1, 0.15) is 30.4 Å². The lowest BCUT2D eigenvalue weighted by Gasteiger charge is -2.24. The molecule has 1 nitrogen and oxygen atoms in total. The van der Waals surface area contributed by atoms with Crippen molar-refractivity contribution in [2.45, 2.75) is 19.3 Å². The van der Waals surface area contributed by atoms with E-state index in [0.29, 0.717) is 11.8 Å². The average molecular weight is 300 g/mol. The molecule has 2 aromatic rings. The molecule has 2 aliphatic rings. The van der Waals surface area contributed by atoms with Gasteiger partial charge in [-0.1, -0.05) is 60.7 Å².